The number of nitrogens with one attached hydrogen (secondary N) is 1. The number of morpholine rings is 1. The summed E-state index contributed by atoms with van der Waals surface area (Å²) in [6.07, 6.45) is 2.24. The van der Waals surface area contributed by atoms with Crippen molar-refractivity contribution in [2.75, 3.05) is 31.1 Å². The summed E-state index contributed by atoms with van der Waals surface area (Å²) < 4.78 is 7.51. The molecule has 27 heavy (non-hydrogen) atoms. The fraction of sp³-hybridized carbons (Fsp3) is 0.278. The van der Waals surface area contributed by atoms with Gasteiger partial charge in [-0.2, -0.15) is 0 Å². The maximum Gasteiger partial charge on any atom is 0.404 e. The van der Waals surface area contributed by atoms with Gasteiger partial charge in [-0.15, -0.1) is 5.10 Å². The lowest BCUT2D eigenvalue weighted by atomic mass is 10.2. The van der Waals surface area contributed by atoms with Crippen LogP contribution in [0.4, 0.5) is 10.6 Å². The minimum absolute atomic E-state index is 0.229. The monoisotopic (exact) mass is 387 g/mol. The molecule has 1 saturated heterocycles. The second-order valence-electron chi connectivity index (χ2n) is 6.23. The first-order chi connectivity index (χ1) is 13.1. The van der Waals surface area contributed by atoms with Gasteiger partial charge in [0.1, 0.15) is 0 Å². The predicted molar refractivity (Wildman–Crippen MR) is 102 cm³/mol. The van der Waals surface area contributed by atoms with E-state index in [9.17, 15) is 4.79 Å². The molecule has 1 aromatic carbocycles. The van der Waals surface area contributed by atoms with Gasteiger partial charge in [-0.25, -0.2) is 9.48 Å². The van der Waals surface area contributed by atoms with Gasteiger partial charge in [0.25, 0.3) is 0 Å². The SMILES string of the molecule is O=C(O)NCC1CN(c2nn(-c3ccc(Cl)cc3)c3cnccc23)CCO1. The Morgan fingerprint density at radius 3 is 2.93 bits per heavy atom. The molecule has 2 N–H and O–H groups in total. The highest BCUT2D eigenvalue weighted by Gasteiger charge is 2.25. The molecule has 1 unspecified atom stereocenters. The summed E-state index contributed by atoms with van der Waals surface area (Å²) in [4.78, 5) is 17.1. The predicted octanol–water partition coefficient (Wildman–Crippen LogP) is 2.55. The van der Waals surface area contributed by atoms with Crippen LogP contribution in [0.15, 0.2) is 42.7 Å². The van der Waals surface area contributed by atoms with Crippen LogP contribution < -0.4 is 10.2 Å². The lowest BCUT2D eigenvalue weighted by Crippen LogP contribution is -2.47. The summed E-state index contributed by atoms with van der Waals surface area (Å²) in [5.74, 6) is 0.825. The first kappa shape index (κ1) is 17.6. The number of fused-ring (bicyclic) bond motifs is 1. The summed E-state index contributed by atoms with van der Waals surface area (Å²) in [6, 6.07) is 9.39. The second-order valence-corrected chi connectivity index (χ2v) is 6.67. The molecule has 9 heteroatoms. The van der Waals surface area contributed by atoms with E-state index in [-0.39, 0.29) is 12.6 Å². The number of nitrogens with zero attached hydrogens (tertiary/aromatic N) is 4. The first-order valence-electron chi connectivity index (χ1n) is 8.54. The van der Waals surface area contributed by atoms with Crippen molar-refractivity contribution < 1.29 is 14.6 Å². The van der Waals surface area contributed by atoms with Crippen molar-refractivity contribution in [3.8, 4) is 5.69 Å². The van der Waals surface area contributed by atoms with Crippen molar-refractivity contribution in [3.05, 3.63) is 47.7 Å². The van der Waals surface area contributed by atoms with Crippen LogP contribution in [0, 0.1) is 0 Å². The van der Waals surface area contributed by atoms with Crippen molar-refractivity contribution in [2.24, 2.45) is 0 Å². The first-order valence-corrected chi connectivity index (χ1v) is 8.91. The lowest BCUT2D eigenvalue weighted by molar-refractivity contribution is 0.0408. The molecule has 4 rings (SSSR count). The molecule has 1 aliphatic heterocycles. The average molecular weight is 388 g/mol. The van der Waals surface area contributed by atoms with E-state index in [1.54, 1.807) is 12.4 Å². The Morgan fingerprint density at radius 1 is 1.33 bits per heavy atom. The van der Waals surface area contributed by atoms with E-state index < -0.39 is 6.09 Å². The van der Waals surface area contributed by atoms with E-state index in [0.717, 1.165) is 22.4 Å². The smallest absolute Gasteiger partial charge is 0.404 e. The topological polar surface area (TPSA) is 92.5 Å². The number of aromatic nitrogens is 3. The number of carboxylic acid groups (broad SMARTS) is 1. The van der Waals surface area contributed by atoms with Crippen molar-refractivity contribution in [3.63, 3.8) is 0 Å². The fourth-order valence-electron chi connectivity index (χ4n) is 3.20. The van der Waals surface area contributed by atoms with Crippen LogP contribution in [0.1, 0.15) is 0 Å². The van der Waals surface area contributed by atoms with E-state index in [1.807, 2.05) is 35.0 Å². The molecular formula is C18H18ClN5O3. The maximum atomic E-state index is 10.7. The molecule has 0 spiro atoms. The molecule has 2 aromatic heterocycles. The van der Waals surface area contributed by atoms with E-state index >= 15 is 0 Å². The molecule has 8 nitrogen and oxygen atoms in total. The fourth-order valence-corrected chi connectivity index (χ4v) is 3.32. The zero-order valence-corrected chi connectivity index (χ0v) is 15.1. The molecular weight excluding hydrogens is 370 g/mol. The number of benzene rings is 1. The number of ether oxygens (including phenoxy) is 1. The van der Waals surface area contributed by atoms with Gasteiger partial charge in [0, 0.05) is 36.2 Å². The molecule has 140 valence electrons. The zero-order valence-electron chi connectivity index (χ0n) is 14.4. The van der Waals surface area contributed by atoms with Crippen LogP contribution >= 0.6 is 11.6 Å². The van der Waals surface area contributed by atoms with Crippen molar-refractivity contribution >= 4 is 34.4 Å². The van der Waals surface area contributed by atoms with Gasteiger partial charge in [-0.1, -0.05) is 11.6 Å². The molecule has 0 saturated carbocycles. The molecule has 0 radical (unpaired) electrons. The quantitative estimate of drug-likeness (QED) is 0.714. The van der Waals surface area contributed by atoms with Crippen LogP contribution in [-0.2, 0) is 4.74 Å². The molecule has 0 bridgehead atoms. The summed E-state index contributed by atoms with van der Waals surface area (Å²) in [5.41, 5.74) is 1.78. The standard InChI is InChI=1S/C18H18ClN5O3/c19-12-1-3-13(4-2-12)24-16-10-20-6-5-15(16)17(22-24)23-7-8-27-14(11-23)9-21-18(25)26/h1-6,10,14,21H,7-9,11H2,(H,25,26). The molecule has 3 heterocycles. The minimum atomic E-state index is -1.06. The highest BCUT2D eigenvalue weighted by Crippen LogP contribution is 2.29. The van der Waals surface area contributed by atoms with Gasteiger partial charge < -0.3 is 20.1 Å². The van der Waals surface area contributed by atoms with Crippen LogP contribution in [0.3, 0.4) is 0 Å². The third-order valence-corrected chi connectivity index (χ3v) is 4.71. The molecule has 0 aliphatic carbocycles. The van der Waals surface area contributed by atoms with Crippen LogP contribution in [0.25, 0.3) is 16.6 Å². The van der Waals surface area contributed by atoms with Crippen LogP contribution in [-0.4, -0.2) is 58.3 Å². The maximum absolute atomic E-state index is 10.7. The number of hydrogen-bond acceptors (Lipinski definition) is 5. The number of rotatable bonds is 4. The Kier molecular flexibility index (Phi) is 4.83. The Labute approximate surface area is 160 Å². The number of halogens is 1. The van der Waals surface area contributed by atoms with Gasteiger partial charge in [-0.3, -0.25) is 4.98 Å². The molecule has 1 fully saturated rings. The van der Waals surface area contributed by atoms with Gasteiger partial charge in [0.15, 0.2) is 5.82 Å². The highest BCUT2D eigenvalue weighted by molar-refractivity contribution is 6.30. The lowest BCUT2D eigenvalue weighted by Gasteiger charge is -2.33. The Bertz CT molecular complexity index is 959. The Morgan fingerprint density at radius 2 is 2.15 bits per heavy atom. The van der Waals surface area contributed by atoms with Gasteiger partial charge in [0.2, 0.25) is 0 Å². The molecule has 1 amide bonds. The number of amides is 1. The van der Waals surface area contributed by atoms with Crippen LogP contribution in [0.2, 0.25) is 5.02 Å². The third kappa shape index (κ3) is 3.67. The number of pyridine rings is 1. The molecule has 3 aromatic rings. The van der Waals surface area contributed by atoms with E-state index in [4.69, 9.17) is 26.5 Å². The number of carbonyl (C=O) groups is 1. The third-order valence-electron chi connectivity index (χ3n) is 4.45. The normalized spacial score (nSPS) is 17.2. The Hall–Kier alpha value is -2.84. The summed E-state index contributed by atoms with van der Waals surface area (Å²) in [7, 11) is 0. The largest absolute Gasteiger partial charge is 0.465 e. The second kappa shape index (κ2) is 7.42. The summed E-state index contributed by atoms with van der Waals surface area (Å²) >= 11 is 6.00. The van der Waals surface area contributed by atoms with Gasteiger partial charge >= 0.3 is 6.09 Å². The van der Waals surface area contributed by atoms with E-state index in [2.05, 4.69) is 15.2 Å². The van der Waals surface area contributed by atoms with E-state index in [1.165, 1.54) is 0 Å². The zero-order chi connectivity index (χ0) is 18.8. The van der Waals surface area contributed by atoms with Gasteiger partial charge in [0.05, 0.1) is 30.1 Å². The number of anilines is 1. The highest BCUT2D eigenvalue weighted by atomic mass is 35.5. The minimum Gasteiger partial charge on any atom is -0.465 e. The summed E-state index contributed by atoms with van der Waals surface area (Å²) in [6.45, 7) is 1.98. The summed E-state index contributed by atoms with van der Waals surface area (Å²) in [5, 5.41) is 17.6. The van der Waals surface area contributed by atoms with Crippen molar-refractivity contribution in [1.82, 2.24) is 20.1 Å². The Balaban J connectivity index is 1.67. The van der Waals surface area contributed by atoms with Crippen LogP contribution in [0.5, 0.6) is 0 Å². The average Bonchev–Trinajstić information content (AvgIpc) is 3.07. The van der Waals surface area contributed by atoms with E-state index in [0.29, 0.717) is 24.7 Å². The molecule has 1 atom stereocenters. The molecule has 1 aliphatic rings. The van der Waals surface area contributed by atoms with Crippen molar-refractivity contribution in [1.29, 1.82) is 0 Å². The number of hydrogen-bond donors (Lipinski definition) is 2. The van der Waals surface area contributed by atoms with Gasteiger partial charge in [-0.05, 0) is 30.3 Å². The van der Waals surface area contributed by atoms with Crippen molar-refractivity contribution in [2.45, 2.75) is 6.10 Å².